The van der Waals surface area contributed by atoms with Crippen molar-refractivity contribution in [3.05, 3.63) is 60.4 Å². The quantitative estimate of drug-likeness (QED) is 0.804. The lowest BCUT2D eigenvalue weighted by Gasteiger charge is -2.03. The Kier molecular flexibility index (Phi) is 3.00. The lowest BCUT2D eigenvalue weighted by Crippen LogP contribution is -1.94. The molecule has 1 N–H and O–H groups in total. The molecule has 0 aliphatic carbocycles. The summed E-state index contributed by atoms with van der Waals surface area (Å²) in [5.74, 6) is -0.549. The number of hydrogen-bond donors (Lipinski definition) is 1. The van der Waals surface area contributed by atoms with Crippen LogP contribution in [0, 0.1) is 0 Å². The van der Waals surface area contributed by atoms with Gasteiger partial charge in [0.05, 0.1) is 5.69 Å². The Labute approximate surface area is 92.5 Å². The van der Waals surface area contributed by atoms with E-state index in [4.69, 9.17) is 5.11 Å². The number of aliphatic hydroxyl groups excluding tert-OH is 1. The second-order valence-electron chi connectivity index (χ2n) is 3.37. The van der Waals surface area contributed by atoms with Gasteiger partial charge < -0.3 is 5.11 Å². The third-order valence-corrected chi connectivity index (χ3v) is 2.22. The second kappa shape index (κ2) is 4.61. The lowest BCUT2D eigenvalue weighted by atomic mass is 10.1. The highest BCUT2D eigenvalue weighted by Crippen LogP contribution is 2.12. The Morgan fingerprint density at radius 3 is 2.69 bits per heavy atom. The van der Waals surface area contributed by atoms with Crippen molar-refractivity contribution in [1.29, 1.82) is 0 Å². The van der Waals surface area contributed by atoms with Gasteiger partial charge in [0, 0.05) is 18.8 Å². The molecule has 0 fully saturated rings. The molecule has 0 saturated carbocycles. The number of rotatable bonds is 3. The van der Waals surface area contributed by atoms with Crippen LogP contribution in [0.25, 0.3) is 5.69 Å². The molecule has 0 radical (unpaired) electrons. The van der Waals surface area contributed by atoms with Gasteiger partial charge in [-0.05, 0) is 23.8 Å². The van der Waals surface area contributed by atoms with Gasteiger partial charge in [-0.15, -0.1) is 0 Å². The summed E-state index contributed by atoms with van der Waals surface area (Å²) >= 11 is 0. The fourth-order valence-corrected chi connectivity index (χ4v) is 1.43. The highest BCUT2D eigenvalue weighted by atomic mass is 19.1. The van der Waals surface area contributed by atoms with Gasteiger partial charge in [0.15, 0.2) is 0 Å². The van der Waals surface area contributed by atoms with E-state index in [1.165, 1.54) is 0 Å². The number of hydrogen-bond acceptors (Lipinski definition) is 2. The van der Waals surface area contributed by atoms with E-state index in [9.17, 15) is 4.39 Å². The minimum absolute atomic E-state index is 0.107. The van der Waals surface area contributed by atoms with Crippen LogP contribution in [0.5, 0.6) is 0 Å². The van der Waals surface area contributed by atoms with Gasteiger partial charge in [-0.25, -0.2) is 9.07 Å². The topological polar surface area (TPSA) is 38.0 Å². The van der Waals surface area contributed by atoms with Gasteiger partial charge in [0.2, 0.25) is 0 Å². The smallest absolute Gasteiger partial charge is 0.138 e. The molecule has 16 heavy (non-hydrogen) atoms. The molecule has 2 rings (SSSR count). The van der Waals surface area contributed by atoms with Crippen LogP contribution < -0.4 is 0 Å². The molecule has 1 aromatic carbocycles. The van der Waals surface area contributed by atoms with E-state index < -0.39 is 5.83 Å². The first-order chi connectivity index (χ1) is 7.79. The fourth-order valence-electron chi connectivity index (χ4n) is 1.43. The van der Waals surface area contributed by atoms with Crippen molar-refractivity contribution in [2.75, 3.05) is 0 Å². The zero-order valence-corrected chi connectivity index (χ0v) is 8.55. The molecule has 3 nitrogen and oxygen atoms in total. The Morgan fingerprint density at radius 2 is 2.12 bits per heavy atom. The fraction of sp³-hybridized carbons (Fsp3) is 0.0833. The summed E-state index contributed by atoms with van der Waals surface area (Å²) in [6.45, 7) is 0. The largest absolute Gasteiger partial charge is 0.513 e. The SMILES string of the molecule is O/C=C(\F)Cc1ccc(-n2cccn2)cc1. The Hall–Kier alpha value is -2.10. The molecule has 4 heteroatoms. The molecule has 82 valence electrons. The first kappa shape index (κ1) is 10.4. The van der Waals surface area contributed by atoms with Crippen molar-refractivity contribution < 1.29 is 9.50 Å². The van der Waals surface area contributed by atoms with E-state index in [-0.39, 0.29) is 6.42 Å². The first-order valence-electron chi connectivity index (χ1n) is 4.87. The van der Waals surface area contributed by atoms with Crippen LogP contribution >= 0.6 is 0 Å². The standard InChI is InChI=1S/C12H11FN2O/c13-11(9-16)8-10-2-4-12(5-3-10)15-7-1-6-14-15/h1-7,9,16H,8H2/b11-9-. The molecular weight excluding hydrogens is 207 g/mol. The molecule has 0 amide bonds. The number of aromatic nitrogens is 2. The molecule has 0 spiro atoms. The molecule has 0 aliphatic heterocycles. The normalized spacial score (nSPS) is 11.7. The molecule has 1 heterocycles. The van der Waals surface area contributed by atoms with Crippen LogP contribution in [0.15, 0.2) is 54.8 Å². The highest BCUT2D eigenvalue weighted by Gasteiger charge is 2.00. The Balaban J connectivity index is 2.17. The molecule has 2 aromatic rings. The van der Waals surface area contributed by atoms with Crippen LogP contribution in [0.3, 0.4) is 0 Å². The van der Waals surface area contributed by atoms with E-state index >= 15 is 0 Å². The Bertz CT molecular complexity index is 474. The third kappa shape index (κ3) is 2.28. The Morgan fingerprint density at radius 1 is 1.38 bits per heavy atom. The van der Waals surface area contributed by atoms with Gasteiger partial charge in [0.1, 0.15) is 12.1 Å². The minimum atomic E-state index is -0.549. The monoisotopic (exact) mass is 218 g/mol. The maximum Gasteiger partial charge on any atom is 0.138 e. The van der Waals surface area contributed by atoms with E-state index in [0.717, 1.165) is 11.3 Å². The van der Waals surface area contributed by atoms with Crippen LogP contribution in [-0.2, 0) is 6.42 Å². The van der Waals surface area contributed by atoms with E-state index in [1.807, 2.05) is 24.4 Å². The summed E-state index contributed by atoms with van der Waals surface area (Å²) in [6.07, 6.45) is 4.13. The number of aliphatic hydroxyl groups is 1. The van der Waals surface area contributed by atoms with Crippen molar-refractivity contribution in [3.8, 4) is 5.69 Å². The molecular formula is C12H11FN2O. The van der Waals surface area contributed by atoms with Crippen molar-refractivity contribution >= 4 is 0 Å². The predicted molar refractivity (Wildman–Crippen MR) is 59.1 cm³/mol. The number of allylic oxidation sites excluding steroid dienone is 1. The average Bonchev–Trinajstić information content (AvgIpc) is 2.83. The van der Waals surface area contributed by atoms with Gasteiger partial charge in [-0.3, -0.25) is 0 Å². The summed E-state index contributed by atoms with van der Waals surface area (Å²) in [5, 5.41) is 12.5. The molecule has 1 aromatic heterocycles. The maximum atomic E-state index is 12.8. The summed E-state index contributed by atoms with van der Waals surface area (Å²) in [4.78, 5) is 0. The summed E-state index contributed by atoms with van der Waals surface area (Å²) in [7, 11) is 0. The lowest BCUT2D eigenvalue weighted by molar-refractivity contribution is 0.435. The van der Waals surface area contributed by atoms with Gasteiger partial charge in [-0.1, -0.05) is 12.1 Å². The van der Waals surface area contributed by atoms with Gasteiger partial charge in [0.25, 0.3) is 0 Å². The summed E-state index contributed by atoms with van der Waals surface area (Å²) in [6, 6.07) is 9.15. The zero-order chi connectivity index (χ0) is 11.4. The van der Waals surface area contributed by atoms with Crippen molar-refractivity contribution in [2.24, 2.45) is 0 Å². The second-order valence-corrected chi connectivity index (χ2v) is 3.37. The number of benzene rings is 1. The third-order valence-electron chi connectivity index (χ3n) is 2.22. The summed E-state index contributed by atoms with van der Waals surface area (Å²) < 4.78 is 14.5. The van der Waals surface area contributed by atoms with E-state index in [0.29, 0.717) is 6.26 Å². The van der Waals surface area contributed by atoms with Crippen LogP contribution in [0.4, 0.5) is 4.39 Å². The predicted octanol–water partition coefficient (Wildman–Crippen LogP) is 2.78. The summed E-state index contributed by atoms with van der Waals surface area (Å²) in [5.41, 5.74) is 1.72. The zero-order valence-electron chi connectivity index (χ0n) is 8.55. The van der Waals surface area contributed by atoms with Gasteiger partial charge in [-0.2, -0.15) is 5.10 Å². The first-order valence-corrected chi connectivity index (χ1v) is 4.87. The minimum Gasteiger partial charge on any atom is -0.513 e. The van der Waals surface area contributed by atoms with Crippen molar-refractivity contribution in [3.63, 3.8) is 0 Å². The molecule has 0 unspecified atom stereocenters. The van der Waals surface area contributed by atoms with Crippen LogP contribution in [0.2, 0.25) is 0 Å². The average molecular weight is 218 g/mol. The maximum absolute atomic E-state index is 12.8. The van der Waals surface area contributed by atoms with Crippen molar-refractivity contribution in [2.45, 2.75) is 6.42 Å². The molecule has 0 aliphatic rings. The van der Waals surface area contributed by atoms with E-state index in [1.54, 1.807) is 23.0 Å². The molecule has 0 saturated heterocycles. The highest BCUT2D eigenvalue weighted by molar-refractivity contribution is 5.34. The van der Waals surface area contributed by atoms with E-state index in [2.05, 4.69) is 5.10 Å². The van der Waals surface area contributed by atoms with Crippen molar-refractivity contribution in [1.82, 2.24) is 9.78 Å². The number of halogens is 1. The van der Waals surface area contributed by atoms with Gasteiger partial charge >= 0.3 is 0 Å². The molecule has 0 bridgehead atoms. The number of nitrogens with zero attached hydrogens (tertiary/aromatic N) is 2. The molecule has 0 atom stereocenters. The van der Waals surface area contributed by atoms with Crippen LogP contribution in [0.1, 0.15) is 5.56 Å². The van der Waals surface area contributed by atoms with Crippen LogP contribution in [-0.4, -0.2) is 14.9 Å².